The Hall–Kier alpha value is -1.46. The number of carbonyl (C=O) groups excluding carboxylic acids is 1. The van der Waals surface area contributed by atoms with Gasteiger partial charge in [0.15, 0.2) is 0 Å². The summed E-state index contributed by atoms with van der Waals surface area (Å²) < 4.78 is 5.23. The first-order chi connectivity index (χ1) is 10.1. The molecule has 2 fully saturated rings. The number of carbonyl (C=O) groups is 1. The van der Waals surface area contributed by atoms with Gasteiger partial charge in [-0.1, -0.05) is 0 Å². The number of rotatable bonds is 2. The normalized spacial score (nSPS) is 23.6. The molecule has 0 radical (unpaired) electrons. The van der Waals surface area contributed by atoms with Gasteiger partial charge in [-0.25, -0.2) is 0 Å². The van der Waals surface area contributed by atoms with Gasteiger partial charge in [0.1, 0.15) is 17.5 Å². The summed E-state index contributed by atoms with van der Waals surface area (Å²) in [5, 5.41) is 3.36. The molecule has 2 aliphatic heterocycles. The van der Waals surface area contributed by atoms with Crippen LogP contribution in [0.1, 0.15) is 19.8 Å². The van der Waals surface area contributed by atoms with Crippen LogP contribution < -0.4 is 15.0 Å². The van der Waals surface area contributed by atoms with Crippen LogP contribution in [0.25, 0.3) is 0 Å². The molecular weight excluding hydrogens is 302 g/mol. The van der Waals surface area contributed by atoms with E-state index in [2.05, 4.69) is 17.1 Å². The van der Waals surface area contributed by atoms with E-state index in [1.165, 1.54) is 0 Å². The van der Waals surface area contributed by atoms with Crippen LogP contribution in [-0.4, -0.2) is 49.8 Å². The van der Waals surface area contributed by atoms with Gasteiger partial charge in [0.05, 0.1) is 7.11 Å². The average Bonchev–Trinajstić information content (AvgIpc) is 2.70. The third-order valence-corrected chi connectivity index (χ3v) is 4.90. The van der Waals surface area contributed by atoms with Crippen LogP contribution in [0.2, 0.25) is 0 Å². The lowest BCUT2D eigenvalue weighted by Gasteiger charge is -2.41. The molecule has 0 aromatic heterocycles. The Bertz CT molecular complexity index is 529. The number of likely N-dealkylation sites (N-methyl/N-ethyl adjacent to an activating group) is 1. The van der Waals surface area contributed by atoms with Gasteiger partial charge >= 0.3 is 0 Å². The maximum atomic E-state index is 12.8. The SMILES string of the molecule is COc1ccc(N2C(C)N(C)C(=O)C23CCNCC3)cc1.Cl. The number of hydrogen-bond acceptors (Lipinski definition) is 4. The van der Waals surface area contributed by atoms with E-state index in [4.69, 9.17) is 4.74 Å². The van der Waals surface area contributed by atoms with Gasteiger partial charge in [-0.05, 0) is 57.1 Å². The summed E-state index contributed by atoms with van der Waals surface area (Å²) in [5.74, 6) is 1.08. The standard InChI is InChI=1S/C16H23N3O2.ClH/c1-12-18(2)15(20)16(8-10-17-11-9-16)19(12)13-4-6-14(21-3)7-5-13;/h4-7,12,17H,8-11H2,1-3H3;1H. The van der Waals surface area contributed by atoms with E-state index in [0.29, 0.717) is 0 Å². The van der Waals surface area contributed by atoms with Crippen LogP contribution in [0.5, 0.6) is 5.75 Å². The maximum Gasteiger partial charge on any atom is 0.249 e. The molecule has 22 heavy (non-hydrogen) atoms. The molecule has 1 aromatic rings. The number of benzene rings is 1. The van der Waals surface area contributed by atoms with Gasteiger partial charge in [0, 0.05) is 12.7 Å². The fourth-order valence-corrected chi connectivity index (χ4v) is 3.63. The first-order valence-electron chi connectivity index (χ1n) is 7.51. The zero-order chi connectivity index (χ0) is 15.0. The Kier molecular flexibility index (Phi) is 4.87. The smallest absolute Gasteiger partial charge is 0.249 e. The Morgan fingerprint density at radius 1 is 1.23 bits per heavy atom. The highest BCUT2D eigenvalue weighted by Crippen LogP contribution is 2.41. The van der Waals surface area contributed by atoms with E-state index >= 15 is 0 Å². The first-order valence-corrected chi connectivity index (χ1v) is 7.51. The summed E-state index contributed by atoms with van der Waals surface area (Å²) in [6.07, 6.45) is 1.78. The minimum atomic E-state index is -0.395. The van der Waals surface area contributed by atoms with E-state index in [0.717, 1.165) is 37.4 Å². The fourth-order valence-electron chi connectivity index (χ4n) is 3.63. The van der Waals surface area contributed by atoms with Crippen molar-refractivity contribution in [3.63, 3.8) is 0 Å². The Morgan fingerprint density at radius 3 is 2.36 bits per heavy atom. The van der Waals surface area contributed by atoms with Crippen molar-refractivity contribution in [3.05, 3.63) is 24.3 Å². The molecule has 1 N–H and O–H groups in total. The van der Waals surface area contributed by atoms with Crippen LogP contribution in [0.4, 0.5) is 5.69 Å². The minimum Gasteiger partial charge on any atom is -0.497 e. The summed E-state index contributed by atoms with van der Waals surface area (Å²) in [4.78, 5) is 17.0. The Morgan fingerprint density at radius 2 is 1.82 bits per heavy atom. The van der Waals surface area contributed by atoms with Crippen molar-refractivity contribution < 1.29 is 9.53 Å². The van der Waals surface area contributed by atoms with Gasteiger partial charge < -0.3 is 19.9 Å². The predicted octanol–water partition coefficient (Wildman–Crippen LogP) is 1.86. The molecule has 1 amide bonds. The summed E-state index contributed by atoms with van der Waals surface area (Å²) in [6.45, 7) is 3.87. The predicted molar refractivity (Wildman–Crippen MR) is 89.8 cm³/mol. The van der Waals surface area contributed by atoms with Crippen molar-refractivity contribution in [1.82, 2.24) is 10.2 Å². The van der Waals surface area contributed by atoms with Crippen molar-refractivity contribution in [3.8, 4) is 5.75 Å². The number of amides is 1. The van der Waals surface area contributed by atoms with Gasteiger partial charge in [0.2, 0.25) is 5.91 Å². The minimum absolute atomic E-state index is 0. The summed E-state index contributed by atoms with van der Waals surface area (Å²) in [7, 11) is 3.57. The number of hydrogen-bond donors (Lipinski definition) is 1. The quantitative estimate of drug-likeness (QED) is 0.901. The fraction of sp³-hybridized carbons (Fsp3) is 0.562. The van der Waals surface area contributed by atoms with Crippen LogP contribution in [-0.2, 0) is 4.79 Å². The van der Waals surface area contributed by atoms with E-state index in [1.807, 2.05) is 36.2 Å². The van der Waals surface area contributed by atoms with Crippen molar-refractivity contribution in [2.45, 2.75) is 31.5 Å². The second-order valence-corrected chi connectivity index (χ2v) is 5.90. The monoisotopic (exact) mass is 325 g/mol. The van der Waals surface area contributed by atoms with Crippen LogP contribution in [0.15, 0.2) is 24.3 Å². The van der Waals surface area contributed by atoms with Crippen molar-refractivity contribution in [2.24, 2.45) is 0 Å². The van der Waals surface area contributed by atoms with Crippen LogP contribution >= 0.6 is 12.4 Å². The lowest BCUT2D eigenvalue weighted by molar-refractivity contribution is -0.132. The second-order valence-electron chi connectivity index (χ2n) is 5.90. The van der Waals surface area contributed by atoms with Gasteiger partial charge in [-0.15, -0.1) is 12.4 Å². The number of nitrogens with zero attached hydrogens (tertiary/aromatic N) is 2. The number of methoxy groups -OCH3 is 1. The maximum absolute atomic E-state index is 12.8. The first kappa shape index (κ1) is 16.9. The Labute approximate surface area is 138 Å². The van der Waals surface area contributed by atoms with E-state index in [1.54, 1.807) is 7.11 Å². The molecule has 0 saturated carbocycles. The highest BCUT2D eigenvalue weighted by atomic mass is 35.5. The lowest BCUT2D eigenvalue weighted by Crippen LogP contribution is -2.56. The third-order valence-electron chi connectivity index (χ3n) is 4.90. The number of anilines is 1. The number of ether oxygens (including phenoxy) is 1. The number of nitrogens with one attached hydrogen (secondary N) is 1. The number of halogens is 1. The summed E-state index contributed by atoms with van der Waals surface area (Å²) in [6, 6.07) is 8.01. The molecule has 1 spiro atoms. The van der Waals surface area contributed by atoms with E-state index < -0.39 is 5.54 Å². The van der Waals surface area contributed by atoms with Crippen LogP contribution in [0, 0.1) is 0 Å². The zero-order valence-corrected chi connectivity index (χ0v) is 14.2. The Balaban J connectivity index is 0.00000176. The molecule has 0 aliphatic carbocycles. The molecule has 6 heteroatoms. The molecule has 0 bridgehead atoms. The molecule has 1 unspecified atom stereocenters. The molecule has 122 valence electrons. The van der Waals surface area contributed by atoms with E-state index in [-0.39, 0.29) is 24.5 Å². The van der Waals surface area contributed by atoms with Crippen molar-refractivity contribution in [1.29, 1.82) is 0 Å². The number of piperidine rings is 1. The molecule has 1 atom stereocenters. The van der Waals surface area contributed by atoms with Crippen molar-refractivity contribution in [2.75, 3.05) is 32.1 Å². The molecular formula is C16H24ClN3O2. The van der Waals surface area contributed by atoms with Crippen molar-refractivity contribution >= 4 is 24.0 Å². The highest BCUT2D eigenvalue weighted by Gasteiger charge is 2.54. The zero-order valence-electron chi connectivity index (χ0n) is 13.3. The molecule has 5 nitrogen and oxygen atoms in total. The molecule has 2 aliphatic rings. The molecule has 3 rings (SSSR count). The summed E-state index contributed by atoms with van der Waals surface area (Å²) in [5.41, 5.74) is 0.691. The topological polar surface area (TPSA) is 44.8 Å². The average molecular weight is 326 g/mol. The van der Waals surface area contributed by atoms with Gasteiger partial charge in [0.25, 0.3) is 0 Å². The molecule has 2 saturated heterocycles. The third kappa shape index (κ3) is 2.42. The lowest BCUT2D eigenvalue weighted by atomic mass is 9.86. The molecule has 2 heterocycles. The molecule has 1 aromatic carbocycles. The van der Waals surface area contributed by atoms with E-state index in [9.17, 15) is 4.79 Å². The second kappa shape index (κ2) is 6.34. The summed E-state index contributed by atoms with van der Waals surface area (Å²) >= 11 is 0. The van der Waals surface area contributed by atoms with Crippen LogP contribution in [0.3, 0.4) is 0 Å². The van der Waals surface area contributed by atoms with Gasteiger partial charge in [-0.3, -0.25) is 4.79 Å². The highest BCUT2D eigenvalue weighted by molar-refractivity contribution is 5.94. The largest absolute Gasteiger partial charge is 0.497 e. The van der Waals surface area contributed by atoms with Gasteiger partial charge in [-0.2, -0.15) is 0 Å².